The SMILES string of the molecule is CC(=O)Nc1ccc(S(=O)(=O)N2CCN(Cc3cc(=O)c(OCc4ccc(-c5ccccc5C#N)cc4)co3)CC2)cc1. The summed E-state index contributed by atoms with van der Waals surface area (Å²) < 4.78 is 39.0. The van der Waals surface area contributed by atoms with Crippen LogP contribution in [-0.4, -0.2) is 49.7 Å². The third-order valence-electron chi connectivity index (χ3n) is 7.08. The minimum absolute atomic E-state index is 0.100. The number of nitriles is 1. The lowest BCUT2D eigenvalue weighted by Gasteiger charge is -2.33. The molecule has 1 aliphatic rings. The Bertz CT molecular complexity index is 1800. The Morgan fingerprint density at radius 3 is 2.35 bits per heavy atom. The van der Waals surface area contributed by atoms with Crippen LogP contribution in [0.4, 0.5) is 5.69 Å². The number of rotatable bonds is 9. The van der Waals surface area contributed by atoms with E-state index < -0.39 is 10.0 Å². The number of nitrogens with zero attached hydrogens (tertiary/aromatic N) is 3. The maximum Gasteiger partial charge on any atom is 0.243 e. The molecule has 0 saturated carbocycles. The van der Waals surface area contributed by atoms with Gasteiger partial charge in [0.05, 0.1) is 23.1 Å². The van der Waals surface area contributed by atoms with Crippen molar-refractivity contribution < 1.29 is 22.4 Å². The fourth-order valence-corrected chi connectivity index (χ4v) is 6.23. The highest BCUT2D eigenvalue weighted by Gasteiger charge is 2.28. The van der Waals surface area contributed by atoms with Gasteiger partial charge in [-0.05, 0) is 47.0 Å². The molecule has 0 bridgehead atoms. The first-order valence-electron chi connectivity index (χ1n) is 13.7. The molecule has 43 heavy (non-hydrogen) atoms. The molecule has 0 radical (unpaired) electrons. The fourth-order valence-electron chi connectivity index (χ4n) is 4.81. The summed E-state index contributed by atoms with van der Waals surface area (Å²) in [5.41, 5.74) is 3.46. The fraction of sp³-hybridized carbons (Fsp3) is 0.219. The van der Waals surface area contributed by atoms with Crippen LogP contribution in [0.2, 0.25) is 0 Å². The number of hydrogen-bond donors (Lipinski definition) is 1. The van der Waals surface area contributed by atoms with E-state index in [0.717, 1.165) is 16.7 Å². The van der Waals surface area contributed by atoms with Crippen molar-refractivity contribution in [3.63, 3.8) is 0 Å². The first-order valence-corrected chi connectivity index (χ1v) is 15.1. The van der Waals surface area contributed by atoms with Gasteiger partial charge in [0.1, 0.15) is 18.6 Å². The molecule has 1 aromatic heterocycles. The molecule has 1 aliphatic heterocycles. The number of amides is 1. The number of anilines is 1. The number of carbonyl (C=O) groups excluding carboxylic acids is 1. The van der Waals surface area contributed by atoms with Gasteiger partial charge in [0, 0.05) is 44.9 Å². The highest BCUT2D eigenvalue weighted by Crippen LogP contribution is 2.24. The predicted molar refractivity (Wildman–Crippen MR) is 161 cm³/mol. The standard InChI is InChI=1S/C32H30N4O6S/c1-23(37)34-27-10-12-29(13-11-27)43(39,40)36-16-14-35(15-17-36)20-28-18-31(38)32(22-41-28)42-21-24-6-8-25(9-7-24)30-5-3-2-4-26(30)19-33/h2-13,18,22H,14-17,20-21H2,1H3,(H,34,37). The molecule has 5 rings (SSSR count). The monoisotopic (exact) mass is 598 g/mol. The molecule has 220 valence electrons. The van der Waals surface area contributed by atoms with Gasteiger partial charge < -0.3 is 14.5 Å². The van der Waals surface area contributed by atoms with Crippen molar-refractivity contribution in [3.05, 3.63) is 112 Å². The van der Waals surface area contributed by atoms with E-state index in [0.29, 0.717) is 49.7 Å². The molecule has 0 unspecified atom stereocenters. The molecule has 10 nitrogen and oxygen atoms in total. The molecular formula is C32H30N4O6S. The van der Waals surface area contributed by atoms with Crippen LogP contribution in [0.25, 0.3) is 11.1 Å². The highest BCUT2D eigenvalue weighted by atomic mass is 32.2. The van der Waals surface area contributed by atoms with Crippen LogP contribution in [0.3, 0.4) is 0 Å². The van der Waals surface area contributed by atoms with Crippen LogP contribution in [0, 0.1) is 11.3 Å². The topological polar surface area (TPSA) is 133 Å². The molecule has 0 atom stereocenters. The van der Waals surface area contributed by atoms with Gasteiger partial charge in [-0.1, -0.05) is 42.5 Å². The molecule has 11 heteroatoms. The second-order valence-electron chi connectivity index (χ2n) is 10.1. The van der Waals surface area contributed by atoms with Crippen molar-refractivity contribution in [2.24, 2.45) is 0 Å². The normalized spacial score (nSPS) is 14.1. The van der Waals surface area contributed by atoms with Crippen molar-refractivity contribution in [3.8, 4) is 22.9 Å². The molecule has 0 spiro atoms. The Hall–Kier alpha value is -4.76. The summed E-state index contributed by atoms with van der Waals surface area (Å²) in [6, 6.07) is 24.7. The molecule has 1 amide bonds. The van der Waals surface area contributed by atoms with Crippen molar-refractivity contribution >= 4 is 21.6 Å². The second kappa shape index (κ2) is 13.0. The van der Waals surface area contributed by atoms with Crippen molar-refractivity contribution in [2.75, 3.05) is 31.5 Å². The molecule has 2 heterocycles. The molecule has 1 N–H and O–H groups in total. The lowest BCUT2D eigenvalue weighted by molar-refractivity contribution is -0.114. The van der Waals surface area contributed by atoms with E-state index >= 15 is 0 Å². The van der Waals surface area contributed by atoms with E-state index in [1.807, 2.05) is 47.4 Å². The summed E-state index contributed by atoms with van der Waals surface area (Å²) in [5.74, 6) is 0.331. The van der Waals surface area contributed by atoms with Crippen LogP contribution in [-0.2, 0) is 28.0 Å². The van der Waals surface area contributed by atoms with E-state index in [2.05, 4.69) is 11.4 Å². The van der Waals surface area contributed by atoms with Gasteiger partial charge in [0.2, 0.25) is 27.1 Å². The van der Waals surface area contributed by atoms with Gasteiger partial charge in [0.15, 0.2) is 0 Å². The Morgan fingerprint density at radius 1 is 1.00 bits per heavy atom. The molecule has 4 aromatic rings. The van der Waals surface area contributed by atoms with Gasteiger partial charge in [-0.3, -0.25) is 14.5 Å². The first kappa shape index (κ1) is 29.7. The summed E-state index contributed by atoms with van der Waals surface area (Å²) in [6.45, 7) is 3.46. The number of sulfonamides is 1. The average molecular weight is 599 g/mol. The molecule has 3 aromatic carbocycles. The minimum atomic E-state index is -3.67. The van der Waals surface area contributed by atoms with Crippen LogP contribution in [0.1, 0.15) is 23.8 Å². The van der Waals surface area contributed by atoms with Gasteiger partial charge in [-0.2, -0.15) is 9.57 Å². The smallest absolute Gasteiger partial charge is 0.243 e. The first-order chi connectivity index (χ1) is 20.7. The van der Waals surface area contributed by atoms with E-state index in [4.69, 9.17) is 9.15 Å². The van der Waals surface area contributed by atoms with Crippen LogP contribution < -0.4 is 15.5 Å². The van der Waals surface area contributed by atoms with Crippen molar-refractivity contribution in [1.82, 2.24) is 9.21 Å². The molecule has 0 aliphatic carbocycles. The molecular weight excluding hydrogens is 568 g/mol. The lowest BCUT2D eigenvalue weighted by Crippen LogP contribution is -2.48. The van der Waals surface area contributed by atoms with Gasteiger partial charge in [0.25, 0.3) is 0 Å². The number of nitrogens with one attached hydrogen (secondary N) is 1. The Kier molecular flexibility index (Phi) is 9.01. The Labute approximate surface area is 249 Å². The summed E-state index contributed by atoms with van der Waals surface area (Å²) >= 11 is 0. The Balaban J connectivity index is 1.13. The minimum Gasteiger partial charge on any atom is -0.482 e. The lowest BCUT2D eigenvalue weighted by atomic mass is 9.99. The average Bonchev–Trinajstić information content (AvgIpc) is 3.01. The summed E-state index contributed by atoms with van der Waals surface area (Å²) in [7, 11) is -3.67. The van der Waals surface area contributed by atoms with E-state index in [1.54, 1.807) is 18.2 Å². The van der Waals surface area contributed by atoms with Crippen LogP contribution in [0.15, 0.2) is 99.2 Å². The zero-order chi connectivity index (χ0) is 30.4. The maximum atomic E-state index is 13.1. The maximum absolute atomic E-state index is 13.1. The third-order valence-corrected chi connectivity index (χ3v) is 9.00. The van der Waals surface area contributed by atoms with E-state index in [-0.39, 0.29) is 28.6 Å². The zero-order valence-electron chi connectivity index (χ0n) is 23.5. The van der Waals surface area contributed by atoms with Crippen molar-refractivity contribution in [2.45, 2.75) is 25.0 Å². The quantitative estimate of drug-likeness (QED) is 0.303. The summed E-state index contributed by atoms with van der Waals surface area (Å²) in [6.07, 6.45) is 1.31. The van der Waals surface area contributed by atoms with Gasteiger partial charge >= 0.3 is 0 Å². The predicted octanol–water partition coefficient (Wildman–Crippen LogP) is 4.22. The van der Waals surface area contributed by atoms with Gasteiger partial charge in [-0.25, -0.2) is 8.42 Å². The van der Waals surface area contributed by atoms with E-state index in [9.17, 15) is 23.3 Å². The summed E-state index contributed by atoms with van der Waals surface area (Å²) in [4.78, 5) is 26.1. The third kappa shape index (κ3) is 7.18. The van der Waals surface area contributed by atoms with Gasteiger partial charge in [-0.15, -0.1) is 0 Å². The molecule has 1 saturated heterocycles. The second-order valence-corrected chi connectivity index (χ2v) is 12.0. The number of ether oxygens (including phenoxy) is 1. The van der Waals surface area contributed by atoms with E-state index in [1.165, 1.54) is 35.7 Å². The number of hydrogen-bond acceptors (Lipinski definition) is 8. The van der Waals surface area contributed by atoms with Crippen LogP contribution >= 0.6 is 0 Å². The van der Waals surface area contributed by atoms with Crippen molar-refractivity contribution in [1.29, 1.82) is 5.26 Å². The Morgan fingerprint density at radius 2 is 1.70 bits per heavy atom. The zero-order valence-corrected chi connectivity index (χ0v) is 24.3. The van der Waals surface area contributed by atoms with Crippen LogP contribution in [0.5, 0.6) is 5.75 Å². The molecule has 1 fully saturated rings. The summed E-state index contributed by atoms with van der Waals surface area (Å²) in [5, 5.41) is 12.0. The largest absolute Gasteiger partial charge is 0.482 e. The number of piperazine rings is 1. The number of carbonyl (C=O) groups is 1. The number of benzene rings is 3. The highest BCUT2D eigenvalue weighted by molar-refractivity contribution is 7.89.